The van der Waals surface area contributed by atoms with Crippen LogP contribution in [0.1, 0.15) is 38.2 Å². The summed E-state index contributed by atoms with van der Waals surface area (Å²) in [7, 11) is 0. The van der Waals surface area contributed by atoms with E-state index in [4.69, 9.17) is 0 Å². The Bertz CT molecular complexity index is 462. The van der Waals surface area contributed by atoms with Gasteiger partial charge >= 0.3 is 5.97 Å². The van der Waals surface area contributed by atoms with Crippen LogP contribution < -0.4 is 0 Å². The van der Waals surface area contributed by atoms with E-state index >= 15 is 0 Å². The van der Waals surface area contributed by atoms with Crippen molar-refractivity contribution in [2.45, 2.75) is 44.8 Å². The normalized spacial score (nSPS) is 24.7. The quantitative estimate of drug-likeness (QED) is 0.845. The van der Waals surface area contributed by atoms with Crippen molar-refractivity contribution >= 4 is 5.97 Å². The third-order valence-electron chi connectivity index (χ3n) is 4.35. The van der Waals surface area contributed by atoms with Crippen molar-refractivity contribution in [3.8, 4) is 0 Å². The summed E-state index contributed by atoms with van der Waals surface area (Å²) >= 11 is 0. The maximum atomic E-state index is 11.5. The predicted molar refractivity (Wildman–Crippen MR) is 81.9 cm³/mol. The van der Waals surface area contributed by atoms with Crippen LogP contribution in [-0.2, 0) is 11.3 Å². The van der Waals surface area contributed by atoms with Crippen LogP contribution in [0, 0.1) is 5.92 Å². The van der Waals surface area contributed by atoms with Crippen LogP contribution in [0.25, 0.3) is 0 Å². The lowest BCUT2D eigenvalue weighted by atomic mass is 9.78. The number of piperidine rings is 1. The largest absolute Gasteiger partial charge is 0.481 e. The molecule has 4 nitrogen and oxygen atoms in total. The molecule has 0 saturated carbocycles. The number of hydrogen-bond acceptors (Lipinski definition) is 3. The zero-order valence-corrected chi connectivity index (χ0v) is 12.7. The van der Waals surface area contributed by atoms with Gasteiger partial charge in [-0.15, -0.1) is 0 Å². The molecule has 2 atom stereocenters. The summed E-state index contributed by atoms with van der Waals surface area (Å²) in [6.45, 7) is 4.08. The van der Waals surface area contributed by atoms with Crippen molar-refractivity contribution in [2.75, 3.05) is 13.1 Å². The van der Waals surface area contributed by atoms with Gasteiger partial charge in [0.25, 0.3) is 0 Å². The van der Waals surface area contributed by atoms with E-state index in [0.717, 1.165) is 25.9 Å². The summed E-state index contributed by atoms with van der Waals surface area (Å²) < 4.78 is 0. The van der Waals surface area contributed by atoms with E-state index in [9.17, 15) is 15.0 Å². The third-order valence-corrected chi connectivity index (χ3v) is 4.35. The van der Waals surface area contributed by atoms with E-state index in [1.165, 1.54) is 5.56 Å². The van der Waals surface area contributed by atoms with Crippen molar-refractivity contribution in [1.29, 1.82) is 0 Å². The van der Waals surface area contributed by atoms with Gasteiger partial charge in [-0.1, -0.05) is 43.7 Å². The molecule has 0 amide bonds. The number of nitrogens with zero attached hydrogens (tertiary/aromatic N) is 1. The number of carboxylic acids is 1. The first kappa shape index (κ1) is 16.0. The van der Waals surface area contributed by atoms with E-state index < -0.39 is 17.5 Å². The summed E-state index contributed by atoms with van der Waals surface area (Å²) in [6, 6.07) is 10.1. The second-order valence-electron chi connectivity index (χ2n) is 6.08. The van der Waals surface area contributed by atoms with Gasteiger partial charge in [0, 0.05) is 13.1 Å². The average Bonchev–Trinajstić information content (AvgIpc) is 2.45. The van der Waals surface area contributed by atoms with Crippen LogP contribution >= 0.6 is 0 Å². The van der Waals surface area contributed by atoms with E-state index in [2.05, 4.69) is 17.0 Å². The number of benzene rings is 1. The molecule has 2 unspecified atom stereocenters. The van der Waals surface area contributed by atoms with Gasteiger partial charge in [0.05, 0.1) is 11.5 Å². The lowest BCUT2D eigenvalue weighted by Gasteiger charge is -2.42. The van der Waals surface area contributed by atoms with Gasteiger partial charge in [0.2, 0.25) is 0 Å². The molecule has 1 saturated heterocycles. The Hall–Kier alpha value is -1.39. The highest BCUT2D eigenvalue weighted by Crippen LogP contribution is 2.32. The molecule has 21 heavy (non-hydrogen) atoms. The number of carboxylic acid groups (broad SMARTS) is 1. The SMILES string of the molecule is CCCC(C(=O)O)C1(O)CCCN(Cc2ccccc2)C1. The van der Waals surface area contributed by atoms with Crippen LogP contribution in [0.4, 0.5) is 0 Å². The second-order valence-corrected chi connectivity index (χ2v) is 6.08. The first-order valence-corrected chi connectivity index (χ1v) is 7.76. The molecule has 1 aliphatic rings. The highest BCUT2D eigenvalue weighted by Gasteiger charge is 2.43. The summed E-state index contributed by atoms with van der Waals surface area (Å²) in [5, 5.41) is 20.3. The lowest BCUT2D eigenvalue weighted by Crippen LogP contribution is -2.54. The fourth-order valence-corrected chi connectivity index (χ4v) is 3.33. The Morgan fingerprint density at radius 1 is 1.38 bits per heavy atom. The third kappa shape index (κ3) is 4.05. The topological polar surface area (TPSA) is 60.8 Å². The monoisotopic (exact) mass is 291 g/mol. The first-order chi connectivity index (χ1) is 10.0. The maximum absolute atomic E-state index is 11.5. The highest BCUT2D eigenvalue weighted by atomic mass is 16.4. The molecule has 1 aliphatic heterocycles. The average molecular weight is 291 g/mol. The Balaban J connectivity index is 2.06. The Kier molecular flexibility index (Phi) is 5.37. The molecule has 0 radical (unpaired) electrons. The van der Waals surface area contributed by atoms with Gasteiger partial charge in [-0.3, -0.25) is 9.69 Å². The molecule has 4 heteroatoms. The van der Waals surface area contributed by atoms with Gasteiger partial charge in [-0.05, 0) is 31.4 Å². The molecule has 0 aliphatic carbocycles. The van der Waals surface area contributed by atoms with Gasteiger partial charge in [0.1, 0.15) is 0 Å². The highest BCUT2D eigenvalue weighted by molar-refractivity contribution is 5.71. The fourth-order valence-electron chi connectivity index (χ4n) is 3.33. The van der Waals surface area contributed by atoms with E-state index in [-0.39, 0.29) is 0 Å². The van der Waals surface area contributed by atoms with Crippen molar-refractivity contribution in [3.63, 3.8) is 0 Å². The zero-order chi connectivity index (χ0) is 15.3. The standard InChI is InChI=1S/C17H25NO3/c1-2-7-15(16(19)20)17(21)10-6-11-18(13-17)12-14-8-4-3-5-9-14/h3-5,8-9,15,21H,2,6-7,10-13H2,1H3,(H,19,20). The molecule has 1 heterocycles. The van der Waals surface area contributed by atoms with E-state index in [1.54, 1.807) is 0 Å². The second kappa shape index (κ2) is 7.05. The fraction of sp³-hybridized carbons (Fsp3) is 0.588. The minimum absolute atomic E-state index is 0.443. The number of likely N-dealkylation sites (tertiary alicyclic amines) is 1. The van der Waals surface area contributed by atoms with Crippen LogP contribution in [0.3, 0.4) is 0 Å². The summed E-state index contributed by atoms with van der Waals surface area (Å²) in [4.78, 5) is 13.7. The van der Waals surface area contributed by atoms with Crippen LogP contribution in [-0.4, -0.2) is 39.8 Å². The van der Waals surface area contributed by atoms with Gasteiger partial charge < -0.3 is 10.2 Å². The molecule has 1 aromatic carbocycles. The number of β-amino-alcohol motifs (C(OH)–C–C–N with tert-alkyl or cyclic N) is 1. The van der Waals surface area contributed by atoms with Crippen LogP contribution in [0.5, 0.6) is 0 Å². The molecule has 2 N–H and O–H groups in total. The number of carbonyl (C=O) groups is 1. The molecule has 1 aromatic rings. The minimum Gasteiger partial charge on any atom is -0.481 e. The first-order valence-electron chi connectivity index (χ1n) is 7.76. The Morgan fingerprint density at radius 2 is 2.10 bits per heavy atom. The molecule has 116 valence electrons. The number of aliphatic hydroxyl groups is 1. The van der Waals surface area contributed by atoms with Crippen molar-refractivity contribution in [2.24, 2.45) is 5.92 Å². The predicted octanol–water partition coefficient (Wildman–Crippen LogP) is 2.51. The maximum Gasteiger partial charge on any atom is 0.309 e. The lowest BCUT2D eigenvalue weighted by molar-refractivity contribution is -0.158. The van der Waals surface area contributed by atoms with Crippen molar-refractivity contribution < 1.29 is 15.0 Å². The number of aliphatic carboxylic acids is 1. The van der Waals surface area contributed by atoms with E-state index in [0.29, 0.717) is 19.4 Å². The van der Waals surface area contributed by atoms with Gasteiger partial charge in [-0.25, -0.2) is 0 Å². The molecule has 2 rings (SSSR count). The van der Waals surface area contributed by atoms with Gasteiger partial charge in [0.15, 0.2) is 0 Å². The van der Waals surface area contributed by atoms with Crippen molar-refractivity contribution in [1.82, 2.24) is 4.90 Å². The van der Waals surface area contributed by atoms with E-state index in [1.807, 2.05) is 25.1 Å². The molecular formula is C17H25NO3. The zero-order valence-electron chi connectivity index (χ0n) is 12.7. The number of rotatable bonds is 6. The smallest absolute Gasteiger partial charge is 0.309 e. The van der Waals surface area contributed by atoms with Gasteiger partial charge in [-0.2, -0.15) is 0 Å². The summed E-state index contributed by atoms with van der Waals surface area (Å²) in [5.41, 5.74) is 0.0959. The Morgan fingerprint density at radius 3 is 2.71 bits per heavy atom. The minimum atomic E-state index is -1.10. The van der Waals surface area contributed by atoms with Crippen molar-refractivity contribution in [3.05, 3.63) is 35.9 Å². The molecule has 1 fully saturated rings. The summed E-state index contributed by atoms with van der Waals surface area (Å²) in [6.07, 6.45) is 2.73. The molecule has 0 aromatic heterocycles. The van der Waals surface area contributed by atoms with Crippen LogP contribution in [0.2, 0.25) is 0 Å². The van der Waals surface area contributed by atoms with Crippen LogP contribution in [0.15, 0.2) is 30.3 Å². The molecule has 0 bridgehead atoms. The summed E-state index contributed by atoms with van der Waals surface area (Å²) in [5.74, 6) is -1.54. The Labute approximate surface area is 126 Å². The molecule has 0 spiro atoms. The number of hydrogen-bond donors (Lipinski definition) is 2. The molecular weight excluding hydrogens is 266 g/mol.